The summed E-state index contributed by atoms with van der Waals surface area (Å²) >= 11 is 2.32. The molecule has 0 spiro atoms. The van der Waals surface area contributed by atoms with E-state index in [0.29, 0.717) is 0 Å². The molecule has 0 saturated carbocycles. The van der Waals surface area contributed by atoms with E-state index in [-0.39, 0.29) is 5.69 Å². The van der Waals surface area contributed by atoms with Crippen LogP contribution in [0, 0.1) is 30.9 Å². The van der Waals surface area contributed by atoms with Crippen LogP contribution in [0.3, 0.4) is 0 Å². The number of aryl methyl sites for hydroxylation is 3. The molecule has 0 aliphatic carbocycles. The molecule has 6 nitrogen and oxygen atoms in total. The van der Waals surface area contributed by atoms with Crippen molar-refractivity contribution in [3.63, 3.8) is 0 Å². The molecule has 3 heterocycles. The molecular weight excluding hydrogens is 407 g/mol. The zero-order chi connectivity index (χ0) is 16.7. The van der Waals surface area contributed by atoms with Crippen molar-refractivity contribution in [1.82, 2.24) is 14.6 Å². The molecule has 3 aromatic rings. The largest absolute Gasteiger partial charge is 0.287 e. The number of rotatable bonds is 3. The van der Waals surface area contributed by atoms with Crippen LogP contribution in [0.1, 0.15) is 22.5 Å². The highest BCUT2D eigenvalue weighted by atomic mass is 127. The third-order valence-electron chi connectivity index (χ3n) is 3.78. The Labute approximate surface area is 146 Å². The lowest BCUT2D eigenvalue weighted by Crippen LogP contribution is -1.97. The monoisotopic (exact) mass is 422 g/mol. The zero-order valence-corrected chi connectivity index (χ0v) is 15.2. The second kappa shape index (κ2) is 5.88. The molecule has 23 heavy (non-hydrogen) atoms. The number of nitrogens with zero attached hydrogens (tertiary/aromatic N) is 4. The molecule has 0 amide bonds. The topological polar surface area (TPSA) is 73.3 Å². The lowest BCUT2D eigenvalue weighted by Gasteiger charge is -2.07. The van der Waals surface area contributed by atoms with Crippen molar-refractivity contribution in [3.05, 3.63) is 57.0 Å². The average Bonchev–Trinajstić information content (AvgIpc) is 2.82. The highest BCUT2D eigenvalue weighted by Gasteiger charge is 2.18. The number of hydrogen-bond donors (Lipinski definition) is 0. The third-order valence-corrected chi connectivity index (χ3v) is 4.56. The van der Waals surface area contributed by atoms with Crippen LogP contribution in [-0.4, -0.2) is 19.5 Å². The molecule has 3 rings (SSSR count). The van der Waals surface area contributed by atoms with Crippen LogP contribution >= 0.6 is 22.6 Å². The minimum Gasteiger partial charge on any atom is -0.258 e. The molecule has 0 atom stereocenters. The summed E-state index contributed by atoms with van der Waals surface area (Å²) in [6.45, 7) is 5.84. The van der Waals surface area contributed by atoms with Gasteiger partial charge in [0.25, 0.3) is 5.69 Å². The highest BCUT2D eigenvalue weighted by Crippen LogP contribution is 2.32. The number of nitro groups is 1. The summed E-state index contributed by atoms with van der Waals surface area (Å²) in [4.78, 5) is 14.8. The van der Waals surface area contributed by atoms with Crippen molar-refractivity contribution >= 4 is 33.8 Å². The Morgan fingerprint density at radius 1 is 1.26 bits per heavy atom. The molecule has 0 saturated heterocycles. The Morgan fingerprint density at radius 3 is 2.61 bits per heavy atom. The molecule has 0 N–H and O–H groups in total. The van der Waals surface area contributed by atoms with Gasteiger partial charge in [-0.05, 0) is 44.0 Å². The van der Waals surface area contributed by atoms with E-state index in [0.717, 1.165) is 43.7 Å². The predicted octanol–water partition coefficient (Wildman–Crippen LogP) is 4.16. The quantitative estimate of drug-likeness (QED) is 0.275. The summed E-state index contributed by atoms with van der Waals surface area (Å²) in [6, 6.07) is 5.75. The first-order valence-corrected chi connectivity index (χ1v) is 8.61. The van der Waals surface area contributed by atoms with Crippen molar-refractivity contribution < 1.29 is 4.92 Å². The fourth-order valence-electron chi connectivity index (χ4n) is 2.79. The van der Waals surface area contributed by atoms with Crippen LogP contribution in [0.2, 0.25) is 0 Å². The maximum Gasteiger partial charge on any atom is 0.287 e. The Balaban J connectivity index is 2.30. The van der Waals surface area contributed by atoms with Crippen molar-refractivity contribution in [2.75, 3.05) is 0 Å². The first-order chi connectivity index (χ1) is 10.9. The highest BCUT2D eigenvalue weighted by molar-refractivity contribution is 14.1. The van der Waals surface area contributed by atoms with Gasteiger partial charge in [-0.15, -0.1) is 0 Å². The van der Waals surface area contributed by atoms with E-state index in [4.69, 9.17) is 0 Å². The first-order valence-electron chi connectivity index (χ1n) is 7.08. The van der Waals surface area contributed by atoms with E-state index in [1.165, 1.54) is 6.20 Å². The zero-order valence-electron chi connectivity index (χ0n) is 13.0. The summed E-state index contributed by atoms with van der Waals surface area (Å²) in [5.41, 5.74) is 6.59. The summed E-state index contributed by atoms with van der Waals surface area (Å²) in [7, 11) is 0. The van der Waals surface area contributed by atoms with E-state index >= 15 is 0 Å². The molecule has 0 fully saturated rings. The van der Waals surface area contributed by atoms with Gasteiger partial charge in [-0.2, -0.15) is 5.10 Å². The lowest BCUT2D eigenvalue weighted by atomic mass is 10.0. The van der Waals surface area contributed by atoms with Crippen LogP contribution in [0.25, 0.3) is 16.8 Å². The Morgan fingerprint density at radius 2 is 2.00 bits per heavy atom. The smallest absolute Gasteiger partial charge is 0.258 e. The average molecular weight is 422 g/mol. The van der Waals surface area contributed by atoms with Crippen molar-refractivity contribution in [3.8, 4) is 11.3 Å². The van der Waals surface area contributed by atoms with Gasteiger partial charge in [0.05, 0.1) is 27.5 Å². The van der Waals surface area contributed by atoms with E-state index < -0.39 is 4.92 Å². The number of alkyl halides is 1. The van der Waals surface area contributed by atoms with Crippen LogP contribution < -0.4 is 0 Å². The number of hydrogen-bond acceptors (Lipinski definition) is 4. The van der Waals surface area contributed by atoms with E-state index in [2.05, 4.69) is 51.7 Å². The van der Waals surface area contributed by atoms with Crippen molar-refractivity contribution in [1.29, 1.82) is 0 Å². The van der Waals surface area contributed by atoms with Crippen LogP contribution in [0.4, 0.5) is 5.69 Å². The van der Waals surface area contributed by atoms with Crippen LogP contribution in [-0.2, 0) is 4.43 Å². The summed E-state index contributed by atoms with van der Waals surface area (Å²) in [6.07, 6.45) is 1.31. The molecule has 118 valence electrons. The third kappa shape index (κ3) is 2.69. The maximum atomic E-state index is 10.9. The van der Waals surface area contributed by atoms with Crippen molar-refractivity contribution in [2.45, 2.75) is 25.2 Å². The number of halogens is 1. The molecule has 0 aliphatic heterocycles. The summed E-state index contributed by atoms with van der Waals surface area (Å²) < 4.78 is 2.79. The van der Waals surface area contributed by atoms with Gasteiger partial charge in [-0.3, -0.25) is 10.1 Å². The number of aromatic nitrogens is 3. The molecule has 0 unspecified atom stereocenters. The minimum atomic E-state index is -0.426. The molecule has 3 aromatic heterocycles. The molecule has 0 bridgehead atoms. The van der Waals surface area contributed by atoms with Gasteiger partial charge in [-0.25, -0.2) is 9.50 Å². The van der Waals surface area contributed by atoms with Crippen LogP contribution in [0.15, 0.2) is 24.4 Å². The van der Waals surface area contributed by atoms with Gasteiger partial charge in [0.1, 0.15) is 6.20 Å². The van der Waals surface area contributed by atoms with Gasteiger partial charge < -0.3 is 0 Å². The molecule has 0 aromatic carbocycles. The predicted molar refractivity (Wildman–Crippen MR) is 97.0 cm³/mol. The van der Waals surface area contributed by atoms with E-state index in [1.807, 2.05) is 18.4 Å². The van der Waals surface area contributed by atoms with Gasteiger partial charge in [0, 0.05) is 16.1 Å². The standard InChI is InChI=1S/C16H15IN4O2/c1-9-4-12(7-17)20-14(5-9)15(11(3)19-20)16-10(2)6-13(8-18-16)21(22)23/h4-6,8H,7H2,1-3H3. The van der Waals surface area contributed by atoms with Crippen LogP contribution in [0.5, 0.6) is 0 Å². The van der Waals surface area contributed by atoms with Gasteiger partial charge in [0.15, 0.2) is 0 Å². The maximum absolute atomic E-state index is 10.9. The van der Waals surface area contributed by atoms with Crippen molar-refractivity contribution in [2.24, 2.45) is 0 Å². The van der Waals surface area contributed by atoms with Gasteiger partial charge in [0.2, 0.25) is 0 Å². The van der Waals surface area contributed by atoms with Gasteiger partial charge in [-0.1, -0.05) is 22.6 Å². The molecular formula is C16H15IN4O2. The molecule has 0 aliphatic rings. The van der Waals surface area contributed by atoms with E-state index in [9.17, 15) is 10.1 Å². The molecule has 7 heteroatoms. The fraction of sp³-hybridized carbons (Fsp3) is 0.250. The lowest BCUT2D eigenvalue weighted by molar-refractivity contribution is -0.385. The second-order valence-electron chi connectivity index (χ2n) is 5.53. The molecule has 0 radical (unpaired) electrons. The normalized spacial score (nSPS) is 11.1. The van der Waals surface area contributed by atoms with E-state index in [1.54, 1.807) is 6.07 Å². The summed E-state index contributed by atoms with van der Waals surface area (Å²) in [5, 5.41) is 15.5. The SMILES string of the molecule is Cc1cc(CI)n2nc(C)c(-c3ncc([N+](=O)[O-])cc3C)c2c1. The number of fused-ring (bicyclic) bond motifs is 1. The summed E-state index contributed by atoms with van der Waals surface area (Å²) in [5.74, 6) is 0. The van der Waals surface area contributed by atoms with Gasteiger partial charge >= 0.3 is 0 Å². The fourth-order valence-corrected chi connectivity index (χ4v) is 3.33. The first kappa shape index (κ1) is 15.9. The Hall–Kier alpha value is -2.03. The Bertz CT molecular complexity index is 933. The Kier molecular flexibility index (Phi) is 4.05. The minimum absolute atomic E-state index is 0.00417. The number of pyridine rings is 2. The second-order valence-corrected chi connectivity index (χ2v) is 6.29.